The number of anilines is 1. The van der Waals surface area contributed by atoms with Crippen LogP contribution in [0.3, 0.4) is 0 Å². The van der Waals surface area contributed by atoms with Crippen LogP contribution in [0.25, 0.3) is 0 Å². The van der Waals surface area contributed by atoms with Crippen molar-refractivity contribution in [2.75, 3.05) is 18.5 Å². The number of sulfone groups is 1. The summed E-state index contributed by atoms with van der Waals surface area (Å²) in [6.07, 6.45) is -0.171. The van der Waals surface area contributed by atoms with Crippen LogP contribution in [0.4, 0.5) is 10.1 Å². The van der Waals surface area contributed by atoms with Gasteiger partial charge in [0.1, 0.15) is 5.82 Å². The van der Waals surface area contributed by atoms with E-state index in [1.165, 1.54) is 13.1 Å². The fourth-order valence-electron chi connectivity index (χ4n) is 1.23. The Morgan fingerprint density at radius 1 is 1.41 bits per heavy atom. The first-order chi connectivity index (χ1) is 7.85. The van der Waals surface area contributed by atoms with Gasteiger partial charge < -0.3 is 11.1 Å². The van der Waals surface area contributed by atoms with E-state index in [0.717, 1.165) is 12.1 Å². The summed E-state index contributed by atoms with van der Waals surface area (Å²) in [7, 11) is -2.28. The molecule has 1 aromatic rings. The molecule has 1 aromatic carbocycles. The quantitative estimate of drug-likeness (QED) is 0.763. The van der Waals surface area contributed by atoms with E-state index in [2.05, 4.69) is 5.32 Å². The summed E-state index contributed by atoms with van der Waals surface area (Å²) in [5.41, 5.74) is 5.39. The molecule has 0 bridgehead atoms. The summed E-state index contributed by atoms with van der Waals surface area (Å²) >= 11 is 0. The SMILES string of the molecule is CNC(=O)CCS(=O)(=O)c1cc(N)cc(F)c1. The first-order valence-corrected chi connectivity index (χ1v) is 6.50. The number of amides is 1. The van der Waals surface area contributed by atoms with E-state index in [-0.39, 0.29) is 22.8 Å². The van der Waals surface area contributed by atoms with Gasteiger partial charge in [0, 0.05) is 19.2 Å². The molecule has 0 unspecified atom stereocenters. The molecule has 17 heavy (non-hydrogen) atoms. The zero-order valence-corrected chi connectivity index (χ0v) is 10.1. The second-order valence-electron chi connectivity index (χ2n) is 3.46. The second-order valence-corrected chi connectivity index (χ2v) is 5.57. The van der Waals surface area contributed by atoms with Gasteiger partial charge >= 0.3 is 0 Å². The number of benzene rings is 1. The minimum atomic E-state index is -3.69. The Hall–Kier alpha value is -1.63. The predicted octanol–water partition coefficient (Wildman–Crippen LogP) is 0.318. The molecular weight excluding hydrogens is 247 g/mol. The lowest BCUT2D eigenvalue weighted by Crippen LogP contribution is -2.21. The van der Waals surface area contributed by atoms with Crippen LogP contribution in [-0.4, -0.2) is 27.1 Å². The lowest BCUT2D eigenvalue weighted by molar-refractivity contribution is -0.120. The molecule has 0 spiro atoms. The maximum absolute atomic E-state index is 13.0. The molecule has 3 N–H and O–H groups in total. The number of carbonyl (C=O) groups is 1. The molecule has 0 atom stereocenters. The van der Waals surface area contributed by atoms with Crippen molar-refractivity contribution in [2.45, 2.75) is 11.3 Å². The minimum absolute atomic E-state index is 0.0310. The Labute approximate surface area is 98.7 Å². The van der Waals surface area contributed by atoms with Crippen LogP contribution >= 0.6 is 0 Å². The molecule has 0 radical (unpaired) electrons. The van der Waals surface area contributed by atoms with Gasteiger partial charge in [-0.1, -0.05) is 0 Å². The Balaban J connectivity index is 2.93. The summed E-state index contributed by atoms with van der Waals surface area (Å²) in [6, 6.07) is 3.08. The number of nitrogens with two attached hydrogens (primary N) is 1. The molecule has 0 fully saturated rings. The van der Waals surface area contributed by atoms with Gasteiger partial charge in [-0.15, -0.1) is 0 Å². The Bertz CT molecular complexity index is 508. The molecular formula is C10H13FN2O3S. The van der Waals surface area contributed by atoms with Crippen molar-refractivity contribution < 1.29 is 17.6 Å². The summed E-state index contributed by atoms with van der Waals surface area (Å²) in [4.78, 5) is 10.7. The van der Waals surface area contributed by atoms with Gasteiger partial charge in [-0.3, -0.25) is 4.79 Å². The highest BCUT2D eigenvalue weighted by Gasteiger charge is 2.17. The van der Waals surface area contributed by atoms with E-state index in [1.54, 1.807) is 0 Å². The van der Waals surface area contributed by atoms with Crippen molar-refractivity contribution >= 4 is 21.4 Å². The maximum Gasteiger partial charge on any atom is 0.220 e. The highest BCUT2D eigenvalue weighted by atomic mass is 32.2. The molecule has 1 amide bonds. The van der Waals surface area contributed by atoms with Crippen molar-refractivity contribution in [1.29, 1.82) is 0 Å². The van der Waals surface area contributed by atoms with Crippen molar-refractivity contribution in [3.05, 3.63) is 24.0 Å². The van der Waals surface area contributed by atoms with Crippen LogP contribution in [0.2, 0.25) is 0 Å². The topological polar surface area (TPSA) is 89.3 Å². The molecule has 0 aliphatic carbocycles. The third kappa shape index (κ3) is 3.70. The fraction of sp³-hybridized carbons (Fsp3) is 0.300. The van der Waals surface area contributed by atoms with Gasteiger partial charge in [-0.25, -0.2) is 12.8 Å². The van der Waals surface area contributed by atoms with Crippen molar-refractivity contribution in [1.82, 2.24) is 5.32 Å². The van der Waals surface area contributed by atoms with E-state index in [1.807, 2.05) is 0 Å². The Kier molecular flexibility index (Phi) is 4.06. The van der Waals surface area contributed by atoms with E-state index < -0.39 is 21.6 Å². The highest BCUT2D eigenvalue weighted by molar-refractivity contribution is 7.91. The predicted molar refractivity (Wildman–Crippen MR) is 61.5 cm³/mol. The van der Waals surface area contributed by atoms with Crippen LogP contribution in [-0.2, 0) is 14.6 Å². The Morgan fingerprint density at radius 2 is 2.06 bits per heavy atom. The molecule has 0 aliphatic rings. The number of halogens is 1. The number of nitrogen functional groups attached to an aromatic ring is 1. The average Bonchev–Trinajstić information content (AvgIpc) is 2.24. The largest absolute Gasteiger partial charge is 0.399 e. The van der Waals surface area contributed by atoms with Gasteiger partial charge in [-0.05, 0) is 18.2 Å². The summed E-state index contributed by atoms with van der Waals surface area (Å²) in [5.74, 6) is -1.49. The smallest absolute Gasteiger partial charge is 0.220 e. The lowest BCUT2D eigenvalue weighted by Gasteiger charge is -2.05. The monoisotopic (exact) mass is 260 g/mol. The maximum atomic E-state index is 13.0. The summed E-state index contributed by atoms with van der Waals surface area (Å²) in [5, 5.41) is 2.31. The molecule has 0 aromatic heterocycles. The van der Waals surface area contributed by atoms with Crippen molar-refractivity contribution in [3.63, 3.8) is 0 Å². The van der Waals surface area contributed by atoms with Crippen molar-refractivity contribution in [3.8, 4) is 0 Å². The first-order valence-electron chi connectivity index (χ1n) is 4.84. The number of carbonyl (C=O) groups excluding carboxylic acids is 1. The van der Waals surface area contributed by atoms with E-state index in [9.17, 15) is 17.6 Å². The highest BCUT2D eigenvalue weighted by Crippen LogP contribution is 2.17. The third-order valence-electron chi connectivity index (χ3n) is 2.13. The summed E-state index contributed by atoms with van der Waals surface area (Å²) in [6.45, 7) is 0. The van der Waals surface area contributed by atoms with Crippen LogP contribution in [0.5, 0.6) is 0 Å². The van der Waals surface area contributed by atoms with Crippen molar-refractivity contribution in [2.24, 2.45) is 0 Å². The zero-order chi connectivity index (χ0) is 13.1. The first kappa shape index (κ1) is 13.4. The number of rotatable bonds is 4. The number of hydrogen-bond acceptors (Lipinski definition) is 4. The van der Waals surface area contributed by atoms with Crippen LogP contribution < -0.4 is 11.1 Å². The average molecular weight is 260 g/mol. The molecule has 0 saturated heterocycles. The Morgan fingerprint density at radius 3 is 2.59 bits per heavy atom. The minimum Gasteiger partial charge on any atom is -0.399 e. The van der Waals surface area contributed by atoms with Crippen LogP contribution in [0.15, 0.2) is 23.1 Å². The zero-order valence-electron chi connectivity index (χ0n) is 9.23. The number of hydrogen-bond donors (Lipinski definition) is 2. The van der Waals surface area contributed by atoms with Gasteiger partial charge in [0.15, 0.2) is 9.84 Å². The second kappa shape index (κ2) is 5.13. The van der Waals surface area contributed by atoms with E-state index >= 15 is 0 Å². The molecule has 1 rings (SSSR count). The van der Waals surface area contributed by atoms with E-state index in [0.29, 0.717) is 0 Å². The third-order valence-corrected chi connectivity index (χ3v) is 3.82. The van der Waals surface area contributed by atoms with E-state index in [4.69, 9.17) is 5.73 Å². The van der Waals surface area contributed by atoms with Gasteiger partial charge in [0.05, 0.1) is 10.6 Å². The number of nitrogens with one attached hydrogen (secondary N) is 1. The van der Waals surface area contributed by atoms with Gasteiger partial charge in [0.2, 0.25) is 5.91 Å². The van der Waals surface area contributed by atoms with Gasteiger partial charge in [0.25, 0.3) is 0 Å². The lowest BCUT2D eigenvalue weighted by atomic mass is 10.3. The normalized spacial score (nSPS) is 11.2. The van der Waals surface area contributed by atoms with Gasteiger partial charge in [-0.2, -0.15) is 0 Å². The molecule has 5 nitrogen and oxygen atoms in total. The van der Waals surface area contributed by atoms with Crippen LogP contribution in [0.1, 0.15) is 6.42 Å². The fourth-order valence-corrected chi connectivity index (χ4v) is 2.53. The molecule has 94 valence electrons. The molecule has 0 heterocycles. The van der Waals surface area contributed by atoms with Crippen LogP contribution in [0, 0.1) is 5.82 Å². The molecule has 0 aliphatic heterocycles. The molecule has 0 saturated carbocycles. The molecule has 7 heteroatoms. The standard InChI is InChI=1S/C10H13FN2O3S/c1-13-10(14)2-3-17(15,16)9-5-7(11)4-8(12)6-9/h4-6H,2-3,12H2,1H3,(H,13,14). The summed E-state index contributed by atoms with van der Waals surface area (Å²) < 4.78 is 36.5.